The molecule has 0 N–H and O–H groups in total. The van der Waals surface area contributed by atoms with Gasteiger partial charge in [0.15, 0.2) is 6.10 Å². The van der Waals surface area contributed by atoms with Gasteiger partial charge in [0.2, 0.25) is 11.5 Å². The van der Waals surface area contributed by atoms with Gasteiger partial charge in [-0.1, -0.05) is 48.5 Å². The van der Waals surface area contributed by atoms with Crippen LogP contribution in [0.25, 0.3) is 0 Å². The van der Waals surface area contributed by atoms with Crippen LogP contribution in [-0.4, -0.2) is 29.5 Å². The van der Waals surface area contributed by atoms with Gasteiger partial charge in [-0.3, -0.25) is 9.59 Å². The summed E-state index contributed by atoms with van der Waals surface area (Å²) < 4.78 is 11.4. The molecule has 0 saturated carbocycles. The number of esters is 1. The van der Waals surface area contributed by atoms with Crippen molar-refractivity contribution in [3.05, 3.63) is 71.8 Å². The molecule has 0 spiro atoms. The van der Waals surface area contributed by atoms with Gasteiger partial charge in [0.05, 0.1) is 0 Å². The summed E-state index contributed by atoms with van der Waals surface area (Å²) in [5.41, 5.74) is 0.489. The van der Waals surface area contributed by atoms with Gasteiger partial charge >= 0.3 is 5.97 Å². The van der Waals surface area contributed by atoms with Crippen LogP contribution < -0.4 is 0 Å². The quantitative estimate of drug-likeness (QED) is 0.749. The number of carbonyl (C=O) groups excluding carboxylic acids is 2. The number of aliphatic imine (C=N–C) groups is 1. The topological polar surface area (TPSA) is 65.0 Å². The lowest BCUT2D eigenvalue weighted by molar-refractivity contribution is -0.163. The lowest BCUT2D eigenvalue weighted by Gasteiger charge is -2.30. The van der Waals surface area contributed by atoms with Gasteiger partial charge < -0.3 is 9.47 Å². The van der Waals surface area contributed by atoms with Crippen molar-refractivity contribution < 1.29 is 19.1 Å². The van der Waals surface area contributed by atoms with Gasteiger partial charge in [0.25, 0.3) is 5.91 Å². The van der Waals surface area contributed by atoms with E-state index < -0.39 is 23.6 Å². The van der Waals surface area contributed by atoms with Crippen LogP contribution in [0.15, 0.2) is 65.7 Å². The number of carbonyl (C=O) groups is 2. The fourth-order valence-electron chi connectivity index (χ4n) is 2.97. The van der Waals surface area contributed by atoms with Crippen LogP contribution >= 0.6 is 0 Å². The first-order chi connectivity index (χ1) is 12.5. The largest absolute Gasteiger partial charge is 0.458 e. The molecule has 0 aliphatic carbocycles. The molecule has 0 radical (unpaired) electrons. The third-order valence-electron chi connectivity index (χ3n) is 4.42. The summed E-state index contributed by atoms with van der Waals surface area (Å²) >= 11 is 0. The average molecular weight is 351 g/mol. The fourth-order valence-corrected chi connectivity index (χ4v) is 2.97. The van der Waals surface area contributed by atoms with Crippen molar-refractivity contribution in [2.24, 2.45) is 4.99 Å². The molecule has 3 rings (SSSR count). The smallest absolute Gasteiger partial charge is 0.303 e. The van der Waals surface area contributed by atoms with E-state index in [-0.39, 0.29) is 5.90 Å². The molecule has 0 bridgehead atoms. The van der Waals surface area contributed by atoms with E-state index in [0.29, 0.717) is 18.4 Å². The van der Waals surface area contributed by atoms with Crippen molar-refractivity contribution in [2.45, 2.75) is 38.4 Å². The van der Waals surface area contributed by atoms with Gasteiger partial charge in [-0.2, -0.15) is 4.99 Å². The Morgan fingerprint density at radius 2 is 1.73 bits per heavy atom. The van der Waals surface area contributed by atoms with Crippen molar-refractivity contribution in [2.75, 3.05) is 0 Å². The second kappa shape index (κ2) is 7.52. The number of ether oxygens (including phenoxy) is 2. The van der Waals surface area contributed by atoms with Crippen molar-refractivity contribution in [3.8, 4) is 0 Å². The Morgan fingerprint density at radius 1 is 1.12 bits per heavy atom. The Labute approximate surface area is 152 Å². The highest BCUT2D eigenvalue weighted by molar-refractivity contribution is 6.09. The maximum Gasteiger partial charge on any atom is 0.303 e. The Morgan fingerprint density at radius 3 is 2.35 bits per heavy atom. The number of nitrogens with zero attached hydrogens (tertiary/aromatic N) is 1. The Balaban J connectivity index is 1.79. The normalized spacial score (nSPS) is 20.2. The number of aryl methyl sites for hydroxylation is 1. The van der Waals surface area contributed by atoms with Crippen LogP contribution in [0, 0.1) is 0 Å². The average Bonchev–Trinajstić information content (AvgIpc) is 2.96. The second-order valence-corrected chi connectivity index (χ2v) is 6.42. The first-order valence-electron chi connectivity index (χ1n) is 8.58. The number of amides is 1. The zero-order chi connectivity index (χ0) is 18.6. The SMILES string of the molecule is CC(=O)O[C@@H](CCc1ccccc1)[C@@]1(C)OC(c2ccccc2)=NC1=O. The maximum absolute atomic E-state index is 12.6. The summed E-state index contributed by atoms with van der Waals surface area (Å²) in [7, 11) is 0. The van der Waals surface area contributed by atoms with E-state index >= 15 is 0 Å². The van der Waals surface area contributed by atoms with Crippen LogP contribution in [0.1, 0.15) is 31.4 Å². The molecule has 134 valence electrons. The monoisotopic (exact) mass is 351 g/mol. The third-order valence-corrected chi connectivity index (χ3v) is 4.42. The Bertz CT molecular complexity index is 816. The van der Waals surface area contributed by atoms with Crippen LogP contribution in [0.4, 0.5) is 0 Å². The lowest BCUT2D eigenvalue weighted by Crippen LogP contribution is -2.48. The first kappa shape index (κ1) is 17.9. The molecule has 1 amide bonds. The highest BCUT2D eigenvalue weighted by Crippen LogP contribution is 2.31. The maximum atomic E-state index is 12.6. The van der Waals surface area contributed by atoms with Gasteiger partial charge in [-0.05, 0) is 37.5 Å². The number of benzene rings is 2. The molecule has 0 fully saturated rings. The Hall–Kier alpha value is -2.95. The van der Waals surface area contributed by atoms with Crippen LogP contribution in [0.5, 0.6) is 0 Å². The summed E-state index contributed by atoms with van der Waals surface area (Å²) in [4.78, 5) is 28.3. The van der Waals surface area contributed by atoms with Crippen LogP contribution in [0.3, 0.4) is 0 Å². The summed E-state index contributed by atoms with van der Waals surface area (Å²) in [5.74, 6) is -0.625. The zero-order valence-electron chi connectivity index (χ0n) is 14.8. The van der Waals surface area contributed by atoms with Crippen LogP contribution in [0.2, 0.25) is 0 Å². The predicted molar refractivity (Wildman–Crippen MR) is 97.8 cm³/mol. The van der Waals surface area contributed by atoms with E-state index in [1.54, 1.807) is 6.92 Å². The number of rotatable bonds is 6. The first-order valence-corrected chi connectivity index (χ1v) is 8.58. The van der Waals surface area contributed by atoms with E-state index in [0.717, 1.165) is 5.56 Å². The van der Waals surface area contributed by atoms with Crippen molar-refractivity contribution in [1.29, 1.82) is 0 Å². The minimum Gasteiger partial charge on any atom is -0.458 e. The van der Waals surface area contributed by atoms with Crippen LogP contribution in [-0.2, 0) is 25.5 Å². The van der Waals surface area contributed by atoms with Gasteiger partial charge in [0.1, 0.15) is 0 Å². The van der Waals surface area contributed by atoms with Gasteiger partial charge in [0, 0.05) is 12.5 Å². The molecule has 2 aromatic carbocycles. The summed E-state index contributed by atoms with van der Waals surface area (Å²) in [6, 6.07) is 19.1. The molecule has 2 atom stereocenters. The number of hydrogen-bond acceptors (Lipinski definition) is 4. The summed E-state index contributed by atoms with van der Waals surface area (Å²) in [6.07, 6.45) is 0.396. The van der Waals surface area contributed by atoms with E-state index in [2.05, 4.69) is 4.99 Å². The van der Waals surface area contributed by atoms with Crippen molar-refractivity contribution >= 4 is 17.8 Å². The van der Waals surface area contributed by atoms with Gasteiger partial charge in [-0.25, -0.2) is 0 Å². The lowest BCUT2D eigenvalue weighted by atomic mass is 9.92. The van der Waals surface area contributed by atoms with E-state index in [4.69, 9.17) is 9.47 Å². The van der Waals surface area contributed by atoms with Crippen molar-refractivity contribution in [1.82, 2.24) is 0 Å². The molecular weight excluding hydrogens is 330 g/mol. The molecule has 5 nitrogen and oxygen atoms in total. The van der Waals surface area contributed by atoms with E-state index in [1.165, 1.54) is 6.92 Å². The molecule has 1 heterocycles. The Kier molecular flexibility index (Phi) is 5.16. The van der Waals surface area contributed by atoms with E-state index in [1.807, 2.05) is 60.7 Å². The molecule has 0 aromatic heterocycles. The van der Waals surface area contributed by atoms with Crippen molar-refractivity contribution in [3.63, 3.8) is 0 Å². The molecule has 5 heteroatoms. The molecule has 0 saturated heterocycles. The minimum absolute atomic E-state index is 0.259. The number of hydrogen-bond donors (Lipinski definition) is 0. The molecule has 0 unspecified atom stereocenters. The highest BCUT2D eigenvalue weighted by atomic mass is 16.6. The third kappa shape index (κ3) is 3.82. The molecule has 1 aliphatic heterocycles. The molecule has 2 aromatic rings. The van der Waals surface area contributed by atoms with E-state index in [9.17, 15) is 9.59 Å². The second-order valence-electron chi connectivity index (χ2n) is 6.42. The predicted octanol–water partition coefficient (Wildman–Crippen LogP) is 3.31. The fraction of sp³-hybridized carbons (Fsp3) is 0.286. The van der Waals surface area contributed by atoms with Gasteiger partial charge in [-0.15, -0.1) is 0 Å². The minimum atomic E-state index is -1.33. The highest BCUT2D eigenvalue weighted by Gasteiger charge is 2.50. The molecular formula is C21H21NO4. The molecule has 26 heavy (non-hydrogen) atoms. The zero-order valence-corrected chi connectivity index (χ0v) is 14.8. The summed E-state index contributed by atoms with van der Waals surface area (Å²) in [5, 5.41) is 0. The molecule has 1 aliphatic rings. The standard InChI is InChI=1S/C21H21NO4/c1-15(23)25-18(14-13-16-9-5-3-6-10-16)21(2)20(24)22-19(26-21)17-11-7-4-8-12-17/h3-12,18H,13-14H2,1-2H3/t18-,21+/m0/s1. The summed E-state index contributed by atoms with van der Waals surface area (Å²) in [6.45, 7) is 2.96.